The second-order valence-electron chi connectivity index (χ2n) is 5.77. The Morgan fingerprint density at radius 1 is 1.38 bits per heavy atom. The molecule has 0 aliphatic carbocycles. The predicted molar refractivity (Wildman–Crippen MR) is 81.9 cm³/mol. The zero-order valence-electron chi connectivity index (χ0n) is 13.1. The molecule has 1 aromatic heterocycles. The highest BCUT2D eigenvalue weighted by molar-refractivity contribution is 5.95. The summed E-state index contributed by atoms with van der Waals surface area (Å²) in [4.78, 5) is 18.1. The number of carbonyl (C=O) groups excluding carboxylic acids is 1. The van der Waals surface area contributed by atoms with Crippen LogP contribution in [0, 0.1) is 11.2 Å². The van der Waals surface area contributed by atoms with E-state index < -0.39 is 5.82 Å². The molecule has 0 unspecified atom stereocenters. The van der Waals surface area contributed by atoms with Crippen molar-refractivity contribution in [3.63, 3.8) is 0 Å². The van der Waals surface area contributed by atoms with Gasteiger partial charge < -0.3 is 10.2 Å². The summed E-state index contributed by atoms with van der Waals surface area (Å²) in [5.41, 5.74) is 0.457. The lowest BCUT2D eigenvalue weighted by Crippen LogP contribution is -2.43. The zero-order chi connectivity index (χ0) is 15.5. The maximum Gasteiger partial charge on any atom is 0.257 e. The second-order valence-corrected chi connectivity index (χ2v) is 5.77. The number of pyridine rings is 1. The molecule has 1 aliphatic rings. The van der Waals surface area contributed by atoms with Gasteiger partial charge >= 0.3 is 0 Å². The Morgan fingerprint density at radius 3 is 2.52 bits per heavy atom. The molecule has 21 heavy (non-hydrogen) atoms. The number of hydrogen-bond acceptors (Lipinski definition) is 3. The van der Waals surface area contributed by atoms with Gasteiger partial charge in [0.25, 0.3) is 5.91 Å². The minimum atomic E-state index is -0.562. The molecule has 5 heteroatoms. The third-order valence-electron chi connectivity index (χ3n) is 4.97. The van der Waals surface area contributed by atoms with Crippen LogP contribution in [0.2, 0.25) is 0 Å². The summed E-state index contributed by atoms with van der Waals surface area (Å²) < 4.78 is 14.2. The number of amides is 1. The standard InChI is InChI=1S/C16H24FN3O/c1-4-16(5-2)7-10-20(11-8-16)15(21)12-6-9-19-14(18-3)13(12)17/h6,9H,4-5,7-8,10-11H2,1-3H3,(H,18,19). The van der Waals surface area contributed by atoms with Crippen molar-refractivity contribution >= 4 is 11.7 Å². The largest absolute Gasteiger partial charge is 0.371 e. The van der Waals surface area contributed by atoms with Crippen molar-refractivity contribution in [1.82, 2.24) is 9.88 Å². The van der Waals surface area contributed by atoms with E-state index in [4.69, 9.17) is 0 Å². The molecule has 0 aromatic carbocycles. The Bertz CT molecular complexity index is 504. The molecule has 2 heterocycles. The third kappa shape index (κ3) is 3.01. The first-order valence-electron chi connectivity index (χ1n) is 7.68. The number of carbonyl (C=O) groups is 1. The van der Waals surface area contributed by atoms with Crippen molar-refractivity contribution in [3.05, 3.63) is 23.6 Å². The lowest BCUT2D eigenvalue weighted by atomic mass is 9.74. The van der Waals surface area contributed by atoms with Crippen LogP contribution in [0.15, 0.2) is 12.3 Å². The summed E-state index contributed by atoms with van der Waals surface area (Å²) in [6, 6.07) is 1.46. The van der Waals surface area contributed by atoms with Gasteiger partial charge in [-0.1, -0.05) is 26.7 Å². The maximum absolute atomic E-state index is 14.2. The van der Waals surface area contributed by atoms with Crippen LogP contribution >= 0.6 is 0 Å². The highest BCUT2D eigenvalue weighted by Gasteiger charge is 2.33. The number of likely N-dealkylation sites (tertiary alicyclic amines) is 1. The fraction of sp³-hybridized carbons (Fsp3) is 0.625. The molecule has 2 rings (SSSR count). The minimum Gasteiger partial charge on any atom is -0.371 e. The van der Waals surface area contributed by atoms with Gasteiger partial charge in [-0.3, -0.25) is 4.79 Å². The quantitative estimate of drug-likeness (QED) is 0.926. The Kier molecular flexibility index (Phi) is 4.80. The molecule has 116 valence electrons. The maximum atomic E-state index is 14.2. The molecule has 1 aromatic rings. The van der Waals surface area contributed by atoms with Crippen molar-refractivity contribution in [2.45, 2.75) is 39.5 Å². The number of piperidine rings is 1. The SMILES string of the molecule is CCC1(CC)CCN(C(=O)c2ccnc(NC)c2F)CC1. The van der Waals surface area contributed by atoms with E-state index >= 15 is 0 Å². The van der Waals surface area contributed by atoms with Gasteiger partial charge in [0.1, 0.15) is 0 Å². The summed E-state index contributed by atoms with van der Waals surface area (Å²) in [7, 11) is 1.59. The molecule has 0 spiro atoms. The van der Waals surface area contributed by atoms with Crippen LogP contribution in [0.3, 0.4) is 0 Å². The number of aromatic nitrogens is 1. The van der Waals surface area contributed by atoms with E-state index in [2.05, 4.69) is 24.1 Å². The molecule has 0 atom stereocenters. The smallest absolute Gasteiger partial charge is 0.257 e. The van der Waals surface area contributed by atoms with Gasteiger partial charge in [0.2, 0.25) is 0 Å². The van der Waals surface area contributed by atoms with Gasteiger partial charge in [-0.15, -0.1) is 0 Å². The van der Waals surface area contributed by atoms with Gasteiger partial charge in [-0.2, -0.15) is 0 Å². The fourth-order valence-electron chi connectivity index (χ4n) is 3.09. The third-order valence-corrected chi connectivity index (χ3v) is 4.97. The van der Waals surface area contributed by atoms with Gasteiger partial charge in [-0.05, 0) is 24.3 Å². The molecule has 1 aliphatic heterocycles. The van der Waals surface area contributed by atoms with Crippen molar-refractivity contribution in [3.8, 4) is 0 Å². The lowest BCUT2D eigenvalue weighted by molar-refractivity contribution is 0.0553. The molecule has 0 bridgehead atoms. The van der Waals surface area contributed by atoms with Crippen LogP contribution in [0.25, 0.3) is 0 Å². The summed E-state index contributed by atoms with van der Waals surface area (Å²) in [6.07, 6.45) is 5.74. The summed E-state index contributed by atoms with van der Waals surface area (Å²) in [5.74, 6) is -0.672. The summed E-state index contributed by atoms with van der Waals surface area (Å²) in [5, 5.41) is 2.67. The van der Waals surface area contributed by atoms with Crippen LogP contribution < -0.4 is 5.32 Å². The number of anilines is 1. The summed E-state index contributed by atoms with van der Waals surface area (Å²) in [6.45, 7) is 5.83. The second kappa shape index (κ2) is 6.41. The van der Waals surface area contributed by atoms with Crippen molar-refractivity contribution in [2.24, 2.45) is 5.41 Å². The molecule has 1 N–H and O–H groups in total. The molecule has 1 amide bonds. The van der Waals surface area contributed by atoms with Gasteiger partial charge in [0.05, 0.1) is 5.56 Å². The molecule has 0 saturated carbocycles. The Hall–Kier alpha value is -1.65. The van der Waals surface area contributed by atoms with Crippen molar-refractivity contribution < 1.29 is 9.18 Å². The average molecular weight is 293 g/mol. The van der Waals surface area contributed by atoms with Gasteiger partial charge in [0.15, 0.2) is 11.6 Å². The molecule has 0 radical (unpaired) electrons. The number of nitrogens with zero attached hydrogens (tertiary/aromatic N) is 2. The Morgan fingerprint density at radius 2 is 2.00 bits per heavy atom. The monoisotopic (exact) mass is 293 g/mol. The van der Waals surface area contributed by atoms with E-state index in [1.54, 1.807) is 11.9 Å². The predicted octanol–water partition coefficient (Wildman–Crippen LogP) is 3.30. The number of hydrogen-bond donors (Lipinski definition) is 1. The number of halogens is 1. The first kappa shape index (κ1) is 15.7. The molecule has 1 fully saturated rings. The zero-order valence-corrected chi connectivity index (χ0v) is 13.1. The topological polar surface area (TPSA) is 45.2 Å². The minimum absolute atomic E-state index is 0.106. The van der Waals surface area contributed by atoms with E-state index in [1.807, 2.05) is 0 Å². The van der Waals surface area contributed by atoms with Crippen LogP contribution in [0.1, 0.15) is 49.9 Å². The van der Waals surface area contributed by atoms with E-state index in [-0.39, 0.29) is 17.3 Å². The fourth-order valence-corrected chi connectivity index (χ4v) is 3.09. The van der Waals surface area contributed by atoms with Gasteiger partial charge in [0, 0.05) is 26.3 Å². The van der Waals surface area contributed by atoms with Crippen LogP contribution in [0.4, 0.5) is 10.2 Å². The normalized spacial score (nSPS) is 17.6. The summed E-state index contributed by atoms with van der Waals surface area (Å²) >= 11 is 0. The first-order chi connectivity index (χ1) is 10.1. The van der Waals surface area contributed by atoms with Crippen molar-refractivity contribution in [2.75, 3.05) is 25.5 Å². The molecular weight excluding hydrogens is 269 g/mol. The highest BCUT2D eigenvalue weighted by Crippen LogP contribution is 2.38. The highest BCUT2D eigenvalue weighted by atomic mass is 19.1. The number of rotatable bonds is 4. The van der Waals surface area contributed by atoms with E-state index in [9.17, 15) is 9.18 Å². The molecule has 4 nitrogen and oxygen atoms in total. The average Bonchev–Trinajstić information content (AvgIpc) is 2.54. The van der Waals surface area contributed by atoms with Crippen LogP contribution in [-0.2, 0) is 0 Å². The Labute approximate surface area is 125 Å². The van der Waals surface area contributed by atoms with Gasteiger partial charge in [-0.25, -0.2) is 9.37 Å². The van der Waals surface area contributed by atoms with Crippen molar-refractivity contribution in [1.29, 1.82) is 0 Å². The lowest BCUT2D eigenvalue weighted by Gasteiger charge is -2.41. The van der Waals surface area contributed by atoms with E-state index in [0.717, 1.165) is 25.7 Å². The molecule has 1 saturated heterocycles. The Balaban J connectivity index is 2.12. The van der Waals surface area contributed by atoms with E-state index in [0.29, 0.717) is 18.5 Å². The van der Waals surface area contributed by atoms with E-state index in [1.165, 1.54) is 12.3 Å². The molecular formula is C16H24FN3O. The van der Waals surface area contributed by atoms with Crippen LogP contribution in [-0.4, -0.2) is 35.9 Å². The number of nitrogens with one attached hydrogen (secondary N) is 1. The first-order valence-corrected chi connectivity index (χ1v) is 7.68. The van der Waals surface area contributed by atoms with Crippen LogP contribution in [0.5, 0.6) is 0 Å².